The number of hydrogen-bond donors (Lipinski definition) is 1. The van der Waals surface area contributed by atoms with Gasteiger partial charge in [-0.05, 0) is 48.5 Å². The molecule has 0 fully saturated rings. The smallest absolute Gasteiger partial charge is 0.314 e. The Bertz CT molecular complexity index is 2430. The summed E-state index contributed by atoms with van der Waals surface area (Å²) in [5.41, 5.74) is 0.670. The van der Waals surface area contributed by atoms with Gasteiger partial charge < -0.3 is 14.8 Å². The summed E-state index contributed by atoms with van der Waals surface area (Å²) in [7, 11) is 0. The van der Waals surface area contributed by atoms with Crippen LogP contribution in [-0.2, 0) is 0 Å². The van der Waals surface area contributed by atoms with Crippen molar-refractivity contribution >= 4 is 23.2 Å². The Balaban J connectivity index is 0.000000182. The lowest BCUT2D eigenvalue weighted by Gasteiger charge is -2.18. The van der Waals surface area contributed by atoms with E-state index in [1.54, 1.807) is 48.9 Å². The summed E-state index contributed by atoms with van der Waals surface area (Å²) in [5.74, 6) is -2.59. The zero-order chi connectivity index (χ0) is 37.5. The predicted octanol–water partition coefficient (Wildman–Crippen LogP) is 5.04. The number of aromatic nitrogens is 6. The van der Waals surface area contributed by atoms with Crippen LogP contribution in [0.15, 0.2) is 97.8 Å². The number of fused-ring (bicyclic) bond motifs is 2. The number of hydrogen-bond acceptors (Lipinski definition) is 12. The van der Waals surface area contributed by atoms with Crippen LogP contribution in [0.25, 0.3) is 11.4 Å². The second-order valence-electron chi connectivity index (χ2n) is 10.6. The van der Waals surface area contributed by atoms with Crippen molar-refractivity contribution in [2.45, 2.75) is 0 Å². The summed E-state index contributed by atoms with van der Waals surface area (Å²) in [6, 6.07) is 17.1. The molecule has 0 aliphatic carbocycles. The van der Waals surface area contributed by atoms with Gasteiger partial charge in [0.25, 0.3) is 11.8 Å². The van der Waals surface area contributed by atoms with E-state index < -0.39 is 34.1 Å². The summed E-state index contributed by atoms with van der Waals surface area (Å²) in [4.78, 5) is 44.7. The van der Waals surface area contributed by atoms with Gasteiger partial charge in [0.05, 0.1) is 65.0 Å². The quantitative estimate of drug-likeness (QED) is 0.124. The Hall–Kier alpha value is -8.06. The normalized spacial score (nSPS) is 11.3. The topological polar surface area (TPSA) is 220 Å². The molecule has 1 aliphatic rings. The fraction of sp³-hybridized carbons (Fsp3) is 0.0588. The van der Waals surface area contributed by atoms with Gasteiger partial charge in [0.1, 0.15) is 24.7 Å². The molecule has 0 spiro atoms. The number of nitro benzene ring substituents is 1. The molecule has 0 saturated carbocycles. The minimum Gasteiger partial charge on any atom is -0.451 e. The van der Waals surface area contributed by atoms with Crippen molar-refractivity contribution in [2.75, 3.05) is 18.0 Å². The van der Waals surface area contributed by atoms with Gasteiger partial charge in [-0.25, -0.2) is 18.1 Å². The van der Waals surface area contributed by atoms with E-state index in [1.165, 1.54) is 51.1 Å². The van der Waals surface area contributed by atoms with Crippen molar-refractivity contribution in [3.63, 3.8) is 0 Å². The summed E-state index contributed by atoms with van der Waals surface area (Å²) < 4.78 is 40.9. The highest BCUT2D eigenvalue weighted by molar-refractivity contribution is 6.08. The molecule has 19 heteroatoms. The summed E-state index contributed by atoms with van der Waals surface area (Å²) in [6.07, 6.45) is 9.08. The number of nitrogens with one attached hydrogen (secondary N) is 1. The lowest BCUT2D eigenvalue weighted by Crippen LogP contribution is -2.31. The Morgan fingerprint density at radius 2 is 1.58 bits per heavy atom. The molecule has 2 aromatic carbocycles. The maximum Gasteiger partial charge on any atom is 0.314 e. The van der Waals surface area contributed by atoms with Gasteiger partial charge in [0.2, 0.25) is 5.75 Å². The van der Waals surface area contributed by atoms with Crippen LogP contribution in [0.5, 0.6) is 23.0 Å². The van der Waals surface area contributed by atoms with Crippen LogP contribution in [0.4, 0.5) is 20.2 Å². The molecule has 0 bridgehead atoms. The van der Waals surface area contributed by atoms with Gasteiger partial charge in [0, 0.05) is 18.5 Å². The molecule has 0 atom stereocenters. The molecule has 5 heterocycles. The van der Waals surface area contributed by atoms with Crippen molar-refractivity contribution in [3.05, 3.63) is 131 Å². The van der Waals surface area contributed by atoms with Gasteiger partial charge in [0.15, 0.2) is 28.6 Å². The van der Waals surface area contributed by atoms with Gasteiger partial charge in [-0.15, -0.1) is 0 Å². The monoisotopic (exact) mass is 717 g/mol. The Morgan fingerprint density at radius 3 is 2.23 bits per heavy atom. The zero-order valence-corrected chi connectivity index (χ0v) is 26.8. The summed E-state index contributed by atoms with van der Waals surface area (Å²) >= 11 is 0. The van der Waals surface area contributed by atoms with Crippen molar-refractivity contribution in [1.82, 2.24) is 34.8 Å². The molecule has 6 aromatic rings. The third kappa shape index (κ3) is 7.59. The number of pyridine rings is 2. The highest BCUT2D eigenvalue weighted by Crippen LogP contribution is 2.39. The number of carbonyl (C=O) groups excluding carboxylic acids is 2. The fourth-order valence-corrected chi connectivity index (χ4v) is 4.83. The zero-order valence-electron chi connectivity index (χ0n) is 26.8. The average molecular weight is 718 g/mol. The lowest BCUT2D eigenvalue weighted by atomic mass is 10.2. The van der Waals surface area contributed by atoms with Gasteiger partial charge >= 0.3 is 5.69 Å². The van der Waals surface area contributed by atoms with Crippen molar-refractivity contribution in [1.29, 1.82) is 10.5 Å². The molecular weight excluding hydrogens is 696 g/mol. The average Bonchev–Trinajstić information content (AvgIpc) is 3.77. The van der Waals surface area contributed by atoms with Crippen molar-refractivity contribution < 1.29 is 32.8 Å². The molecule has 1 N–H and O–H groups in total. The van der Waals surface area contributed by atoms with E-state index in [4.69, 9.17) is 20.0 Å². The van der Waals surface area contributed by atoms with Crippen LogP contribution in [0.2, 0.25) is 0 Å². The standard InChI is InChI=1S/C17H11FN6O4.C17H10FN5O2/c18-11-3-4-14(13(8-11)24(26)27)28-15-10-23(12-2-1-6-20-9-12)22-16(15)17(25)21-7-5-19;18-11-3-4-13-14(8-11)25-15-10-23(12-2-1-6-20-9-12)21-16(15)17(24)22(13)7-5-19/h1-4,6,8-10H,7H2,(H,21,25);1-4,6,8-10H,7H2. The van der Waals surface area contributed by atoms with Crippen molar-refractivity contribution in [2.24, 2.45) is 0 Å². The van der Waals surface area contributed by atoms with Crippen LogP contribution >= 0.6 is 0 Å². The largest absolute Gasteiger partial charge is 0.451 e. The minimum absolute atomic E-state index is 0.0377. The second kappa shape index (κ2) is 15.2. The number of benzene rings is 2. The maximum absolute atomic E-state index is 13.6. The molecule has 1 aliphatic heterocycles. The van der Waals surface area contributed by atoms with E-state index in [0.717, 1.165) is 12.1 Å². The van der Waals surface area contributed by atoms with E-state index in [0.29, 0.717) is 23.1 Å². The first-order valence-electron chi connectivity index (χ1n) is 15.1. The highest BCUT2D eigenvalue weighted by atomic mass is 19.1. The van der Waals surface area contributed by atoms with Crippen LogP contribution < -0.4 is 19.7 Å². The number of amides is 2. The molecular formula is C34H21F2N11O6. The number of halogens is 2. The number of nitro groups is 1. The number of nitriles is 2. The number of nitrogens with zero attached hydrogens (tertiary/aromatic N) is 10. The van der Waals surface area contributed by atoms with Crippen LogP contribution in [0, 0.1) is 44.4 Å². The minimum atomic E-state index is -0.808. The Kier molecular flexibility index (Phi) is 10.00. The van der Waals surface area contributed by atoms with Gasteiger partial charge in [-0.1, -0.05) is 0 Å². The molecule has 4 aromatic heterocycles. The third-order valence-electron chi connectivity index (χ3n) is 7.17. The Labute approximate surface area is 296 Å². The first kappa shape index (κ1) is 34.8. The second-order valence-corrected chi connectivity index (χ2v) is 10.6. The van der Waals surface area contributed by atoms with Crippen molar-refractivity contribution in [3.8, 4) is 46.5 Å². The van der Waals surface area contributed by atoms with Crippen LogP contribution in [0.3, 0.4) is 0 Å². The number of anilines is 1. The Morgan fingerprint density at radius 1 is 0.906 bits per heavy atom. The third-order valence-corrected chi connectivity index (χ3v) is 7.17. The van der Waals surface area contributed by atoms with Gasteiger partial charge in [-0.2, -0.15) is 20.7 Å². The van der Waals surface area contributed by atoms with E-state index in [2.05, 4.69) is 25.5 Å². The number of rotatable bonds is 8. The van der Waals surface area contributed by atoms with E-state index in [-0.39, 0.29) is 47.5 Å². The molecule has 262 valence electrons. The van der Waals surface area contributed by atoms with E-state index in [1.807, 2.05) is 6.07 Å². The summed E-state index contributed by atoms with van der Waals surface area (Å²) in [6.45, 7) is -0.477. The van der Waals surface area contributed by atoms with Crippen LogP contribution in [0.1, 0.15) is 21.0 Å². The molecule has 53 heavy (non-hydrogen) atoms. The number of carbonyl (C=O) groups is 2. The lowest BCUT2D eigenvalue weighted by molar-refractivity contribution is -0.385. The van der Waals surface area contributed by atoms with E-state index in [9.17, 15) is 28.5 Å². The molecule has 17 nitrogen and oxygen atoms in total. The first-order valence-corrected chi connectivity index (χ1v) is 15.1. The SMILES string of the molecule is N#CCN1C(=O)c2nn(-c3cccnc3)cc2Oc2cc(F)ccc21.N#CCNC(=O)c1nn(-c2cccnc2)cc1Oc1ccc(F)cc1[N+](=O)[O-]. The molecule has 0 radical (unpaired) electrons. The fourth-order valence-electron chi connectivity index (χ4n) is 4.83. The molecule has 2 amide bonds. The van der Waals surface area contributed by atoms with Crippen LogP contribution in [-0.4, -0.2) is 59.4 Å². The maximum atomic E-state index is 13.6. The number of ether oxygens (including phenoxy) is 2. The molecule has 0 saturated heterocycles. The molecule has 0 unspecified atom stereocenters. The van der Waals surface area contributed by atoms with E-state index >= 15 is 0 Å². The molecule has 7 rings (SSSR count). The first-order chi connectivity index (χ1) is 25.7. The predicted molar refractivity (Wildman–Crippen MR) is 178 cm³/mol. The highest BCUT2D eigenvalue weighted by Gasteiger charge is 2.32. The van der Waals surface area contributed by atoms with Gasteiger partial charge in [-0.3, -0.25) is 34.6 Å². The summed E-state index contributed by atoms with van der Waals surface area (Å²) in [5, 5.41) is 39.5.